The molecule has 1 N–H and O–H groups in total. The molecule has 1 fully saturated rings. The monoisotopic (exact) mass is 400 g/mol. The van der Waals surface area contributed by atoms with Gasteiger partial charge < -0.3 is 10.1 Å². The molecule has 4 nitrogen and oxygen atoms in total. The molecule has 0 spiro atoms. The minimum atomic E-state index is -0.00498. The van der Waals surface area contributed by atoms with Crippen molar-refractivity contribution in [3.8, 4) is 5.75 Å². The van der Waals surface area contributed by atoms with Crippen LogP contribution in [0.25, 0.3) is 0 Å². The van der Waals surface area contributed by atoms with Crippen LogP contribution < -0.4 is 10.1 Å². The molecule has 0 radical (unpaired) electrons. The number of likely N-dealkylation sites (N-methyl/N-ethyl adjacent to an activating group) is 1. The highest BCUT2D eigenvalue weighted by atomic mass is 127. The van der Waals surface area contributed by atoms with E-state index in [-0.39, 0.29) is 5.91 Å². The number of nitrogens with zero attached hydrogens (tertiary/aromatic N) is 1. The maximum Gasteiger partial charge on any atom is 0.255 e. The number of likely N-dealkylation sites (tertiary alicyclic amines) is 1. The van der Waals surface area contributed by atoms with Crippen LogP contribution in [0.15, 0.2) is 12.1 Å². The lowest BCUT2D eigenvalue weighted by Crippen LogP contribution is -2.40. The standard InChI is InChI=1S/C16H21IN2O2/c1-2-19-6-3-4-13(19)10-18-16(20)14-9-12(17)8-11-5-7-21-15(11)14/h8-9,13H,2-7,10H2,1H3,(H,18,20)/t13-/m0/s1. The Morgan fingerprint density at radius 3 is 3.19 bits per heavy atom. The van der Waals surface area contributed by atoms with Crippen molar-refractivity contribution < 1.29 is 9.53 Å². The van der Waals surface area contributed by atoms with Crippen LogP contribution in [-0.4, -0.2) is 43.1 Å². The Bertz CT molecular complexity index is 547. The molecule has 1 saturated heterocycles. The van der Waals surface area contributed by atoms with E-state index in [0.29, 0.717) is 18.2 Å². The Balaban J connectivity index is 1.69. The lowest BCUT2D eigenvalue weighted by atomic mass is 10.1. The summed E-state index contributed by atoms with van der Waals surface area (Å²) >= 11 is 2.26. The number of hydrogen-bond acceptors (Lipinski definition) is 3. The summed E-state index contributed by atoms with van der Waals surface area (Å²) in [5, 5.41) is 3.10. The fourth-order valence-corrected chi connectivity index (χ4v) is 3.97. The number of ether oxygens (including phenoxy) is 1. The van der Waals surface area contributed by atoms with Crippen LogP contribution in [0.4, 0.5) is 0 Å². The number of rotatable bonds is 4. The number of benzene rings is 1. The largest absolute Gasteiger partial charge is 0.492 e. The second kappa shape index (κ2) is 6.52. The van der Waals surface area contributed by atoms with E-state index in [2.05, 4.69) is 45.8 Å². The minimum absolute atomic E-state index is 0.00498. The van der Waals surface area contributed by atoms with E-state index in [1.165, 1.54) is 12.8 Å². The summed E-state index contributed by atoms with van der Waals surface area (Å²) in [4.78, 5) is 14.9. The van der Waals surface area contributed by atoms with Gasteiger partial charge in [-0.3, -0.25) is 9.69 Å². The second-order valence-corrected chi connectivity index (χ2v) is 6.92. The molecule has 2 heterocycles. The van der Waals surface area contributed by atoms with E-state index >= 15 is 0 Å². The van der Waals surface area contributed by atoms with Gasteiger partial charge in [-0.2, -0.15) is 0 Å². The van der Waals surface area contributed by atoms with Gasteiger partial charge in [0.25, 0.3) is 5.91 Å². The van der Waals surface area contributed by atoms with Crippen molar-refractivity contribution in [1.29, 1.82) is 0 Å². The van der Waals surface area contributed by atoms with Crippen LogP contribution in [0, 0.1) is 3.57 Å². The molecular weight excluding hydrogens is 379 g/mol. The smallest absolute Gasteiger partial charge is 0.255 e. The van der Waals surface area contributed by atoms with Crippen molar-refractivity contribution in [3.05, 3.63) is 26.8 Å². The molecule has 21 heavy (non-hydrogen) atoms. The zero-order chi connectivity index (χ0) is 14.8. The topological polar surface area (TPSA) is 41.6 Å². The molecule has 1 amide bonds. The molecular formula is C16H21IN2O2. The number of amides is 1. The molecule has 0 unspecified atom stereocenters. The number of halogens is 1. The quantitative estimate of drug-likeness (QED) is 0.790. The summed E-state index contributed by atoms with van der Waals surface area (Å²) in [5.74, 6) is 0.779. The first kappa shape index (κ1) is 15.1. The highest BCUT2D eigenvalue weighted by Gasteiger charge is 2.25. The number of carbonyl (C=O) groups excluding carboxylic acids is 1. The van der Waals surface area contributed by atoms with Crippen LogP contribution in [-0.2, 0) is 6.42 Å². The van der Waals surface area contributed by atoms with Crippen molar-refractivity contribution in [3.63, 3.8) is 0 Å². The Labute approximate surface area is 139 Å². The molecule has 5 heteroatoms. The summed E-state index contributed by atoms with van der Waals surface area (Å²) in [7, 11) is 0. The molecule has 0 aromatic heterocycles. The molecule has 1 aromatic rings. The summed E-state index contributed by atoms with van der Waals surface area (Å²) in [6.07, 6.45) is 3.31. The van der Waals surface area contributed by atoms with E-state index in [1.54, 1.807) is 0 Å². The predicted octanol–water partition coefficient (Wildman–Crippen LogP) is 2.44. The van der Waals surface area contributed by atoms with Crippen molar-refractivity contribution in [1.82, 2.24) is 10.2 Å². The van der Waals surface area contributed by atoms with Crippen molar-refractivity contribution in [2.45, 2.75) is 32.2 Å². The number of carbonyl (C=O) groups is 1. The summed E-state index contributed by atoms with van der Waals surface area (Å²) in [6, 6.07) is 4.51. The Kier molecular flexibility index (Phi) is 4.69. The first-order valence-electron chi connectivity index (χ1n) is 7.66. The van der Waals surface area contributed by atoms with Crippen LogP contribution in [0.1, 0.15) is 35.7 Å². The second-order valence-electron chi connectivity index (χ2n) is 5.67. The first-order chi connectivity index (χ1) is 10.2. The average Bonchev–Trinajstić information content (AvgIpc) is 3.11. The predicted molar refractivity (Wildman–Crippen MR) is 91.0 cm³/mol. The SMILES string of the molecule is CCN1CCC[C@H]1CNC(=O)c1cc(I)cc2c1OCC2. The number of hydrogen-bond donors (Lipinski definition) is 1. The van der Waals surface area contributed by atoms with Gasteiger partial charge in [-0.1, -0.05) is 6.92 Å². The molecule has 3 rings (SSSR count). The van der Waals surface area contributed by atoms with Gasteiger partial charge in [0, 0.05) is 22.6 Å². The third-order valence-corrected chi connectivity index (χ3v) is 5.02. The zero-order valence-corrected chi connectivity index (χ0v) is 14.5. The third kappa shape index (κ3) is 3.18. The molecule has 2 aliphatic heterocycles. The van der Waals surface area contributed by atoms with E-state index in [4.69, 9.17) is 4.74 Å². The van der Waals surface area contributed by atoms with Crippen LogP contribution in [0.2, 0.25) is 0 Å². The summed E-state index contributed by atoms with van der Waals surface area (Å²) < 4.78 is 6.74. The van der Waals surface area contributed by atoms with Crippen molar-refractivity contribution in [2.75, 3.05) is 26.2 Å². The van der Waals surface area contributed by atoms with Crippen LogP contribution >= 0.6 is 22.6 Å². The van der Waals surface area contributed by atoms with Gasteiger partial charge >= 0.3 is 0 Å². The molecule has 0 bridgehead atoms. The van der Waals surface area contributed by atoms with Crippen molar-refractivity contribution >= 4 is 28.5 Å². The van der Waals surface area contributed by atoms with Gasteiger partial charge in [0.05, 0.1) is 12.2 Å². The molecule has 1 atom stereocenters. The van der Waals surface area contributed by atoms with Gasteiger partial charge in [0.15, 0.2) is 0 Å². The molecule has 1 aromatic carbocycles. The van der Waals surface area contributed by atoms with Gasteiger partial charge in [0.2, 0.25) is 0 Å². The van der Waals surface area contributed by atoms with Gasteiger partial charge in [0.1, 0.15) is 5.75 Å². The van der Waals surface area contributed by atoms with Gasteiger partial charge in [-0.25, -0.2) is 0 Å². The number of nitrogens with one attached hydrogen (secondary N) is 1. The van der Waals surface area contributed by atoms with Crippen LogP contribution in [0.5, 0.6) is 5.75 Å². The molecule has 2 aliphatic rings. The lowest BCUT2D eigenvalue weighted by molar-refractivity contribution is 0.0938. The van der Waals surface area contributed by atoms with E-state index in [9.17, 15) is 4.79 Å². The summed E-state index contributed by atoms with van der Waals surface area (Å²) in [5.41, 5.74) is 1.85. The average molecular weight is 400 g/mol. The fourth-order valence-electron chi connectivity index (χ4n) is 3.29. The highest BCUT2D eigenvalue weighted by molar-refractivity contribution is 14.1. The number of fused-ring (bicyclic) bond motifs is 1. The Morgan fingerprint density at radius 1 is 1.52 bits per heavy atom. The third-order valence-electron chi connectivity index (χ3n) is 4.40. The maximum atomic E-state index is 12.5. The van der Waals surface area contributed by atoms with E-state index in [1.807, 2.05) is 6.07 Å². The Morgan fingerprint density at radius 2 is 2.38 bits per heavy atom. The lowest BCUT2D eigenvalue weighted by Gasteiger charge is -2.23. The van der Waals surface area contributed by atoms with E-state index in [0.717, 1.165) is 40.9 Å². The summed E-state index contributed by atoms with van der Waals surface area (Å²) in [6.45, 7) is 5.80. The van der Waals surface area contributed by atoms with E-state index < -0.39 is 0 Å². The minimum Gasteiger partial charge on any atom is -0.492 e. The maximum absolute atomic E-state index is 12.5. The highest BCUT2D eigenvalue weighted by Crippen LogP contribution is 2.31. The molecule has 114 valence electrons. The first-order valence-corrected chi connectivity index (χ1v) is 8.74. The molecule has 0 saturated carbocycles. The Hall–Kier alpha value is -0.820. The van der Waals surface area contributed by atoms with Gasteiger partial charge in [-0.05, 0) is 66.2 Å². The van der Waals surface area contributed by atoms with Gasteiger partial charge in [-0.15, -0.1) is 0 Å². The molecule has 0 aliphatic carbocycles. The fraction of sp³-hybridized carbons (Fsp3) is 0.562. The van der Waals surface area contributed by atoms with Crippen molar-refractivity contribution in [2.24, 2.45) is 0 Å². The van der Waals surface area contributed by atoms with Crippen LogP contribution in [0.3, 0.4) is 0 Å². The zero-order valence-electron chi connectivity index (χ0n) is 12.3. The normalized spacial score (nSPS) is 21.1.